The van der Waals surface area contributed by atoms with Gasteiger partial charge in [0.05, 0.1) is 18.1 Å². The Balaban J connectivity index is 3.36. The Labute approximate surface area is 97.3 Å². The van der Waals surface area contributed by atoms with E-state index in [1.807, 2.05) is 0 Å². The molecular weight excluding hydrogens is 228 g/mol. The summed E-state index contributed by atoms with van der Waals surface area (Å²) < 4.78 is 25.5. The number of aliphatic carboxylic acids is 1. The van der Waals surface area contributed by atoms with Gasteiger partial charge in [-0.25, -0.2) is 8.78 Å². The highest BCUT2D eigenvalue weighted by Crippen LogP contribution is 2.27. The Bertz CT molecular complexity index is 478. The molecule has 0 aromatic heterocycles. The number of hydrogen-bond acceptors (Lipinski definition) is 2. The van der Waals surface area contributed by atoms with Crippen molar-refractivity contribution < 1.29 is 18.7 Å². The Morgan fingerprint density at radius 3 is 2.59 bits per heavy atom. The van der Waals surface area contributed by atoms with Crippen LogP contribution in [0.2, 0.25) is 0 Å². The highest BCUT2D eigenvalue weighted by molar-refractivity contribution is 5.70. The van der Waals surface area contributed by atoms with Gasteiger partial charge in [0.1, 0.15) is 0 Å². The largest absolute Gasteiger partial charge is 0.481 e. The second-order valence-electron chi connectivity index (χ2n) is 3.56. The third-order valence-corrected chi connectivity index (χ3v) is 2.39. The maximum Gasteiger partial charge on any atom is 0.307 e. The van der Waals surface area contributed by atoms with Crippen LogP contribution in [0.5, 0.6) is 0 Å². The summed E-state index contributed by atoms with van der Waals surface area (Å²) in [7, 11) is 0. The quantitative estimate of drug-likeness (QED) is 0.878. The number of carboxylic acid groups (broad SMARTS) is 1. The predicted molar refractivity (Wildman–Crippen MR) is 56.8 cm³/mol. The van der Waals surface area contributed by atoms with Crippen LogP contribution in [0, 0.1) is 11.3 Å². The smallest absolute Gasteiger partial charge is 0.307 e. The lowest BCUT2D eigenvalue weighted by Gasteiger charge is -2.10. The summed E-state index contributed by atoms with van der Waals surface area (Å²) in [6.45, 7) is 1.73. The molecule has 0 saturated carbocycles. The average Bonchev–Trinajstić information content (AvgIpc) is 2.26. The highest BCUT2D eigenvalue weighted by Gasteiger charge is 2.18. The molecule has 90 valence electrons. The maximum atomic E-state index is 12.7. The van der Waals surface area contributed by atoms with Crippen molar-refractivity contribution in [1.29, 1.82) is 5.26 Å². The minimum Gasteiger partial charge on any atom is -0.481 e. The van der Waals surface area contributed by atoms with Crippen molar-refractivity contribution in [2.45, 2.75) is 26.2 Å². The number of nitriles is 1. The van der Waals surface area contributed by atoms with Gasteiger partial charge in [-0.2, -0.15) is 5.26 Å². The summed E-state index contributed by atoms with van der Waals surface area (Å²) in [5.41, 5.74) is 0.324. The van der Waals surface area contributed by atoms with E-state index in [4.69, 9.17) is 10.4 Å². The first kappa shape index (κ1) is 13.1. The number of aryl methyl sites for hydroxylation is 1. The Hall–Kier alpha value is -1.96. The summed E-state index contributed by atoms with van der Waals surface area (Å²) in [6, 6.07) is 4.34. The number of benzene rings is 1. The van der Waals surface area contributed by atoms with E-state index in [0.717, 1.165) is 6.07 Å². The number of rotatable bonds is 4. The van der Waals surface area contributed by atoms with Crippen molar-refractivity contribution in [3.05, 3.63) is 34.4 Å². The zero-order valence-corrected chi connectivity index (χ0v) is 9.20. The molecule has 0 bridgehead atoms. The van der Waals surface area contributed by atoms with Gasteiger partial charge in [-0.3, -0.25) is 4.79 Å². The standard InChI is InChI=1S/C12H11F2NO2/c1-2-8-3-7(5-11(16)17)4-9(12(13)14)10(8)6-15/h3-4,12H,2,5H2,1H3,(H,16,17). The first-order valence-corrected chi connectivity index (χ1v) is 5.05. The van der Waals surface area contributed by atoms with Gasteiger partial charge in [0.15, 0.2) is 0 Å². The molecule has 0 atom stereocenters. The molecule has 3 nitrogen and oxygen atoms in total. The number of hydrogen-bond donors (Lipinski definition) is 1. The number of carboxylic acids is 1. The second-order valence-corrected chi connectivity index (χ2v) is 3.56. The van der Waals surface area contributed by atoms with E-state index >= 15 is 0 Å². The number of nitrogens with zero attached hydrogens (tertiary/aromatic N) is 1. The molecule has 0 aliphatic heterocycles. The summed E-state index contributed by atoms with van der Waals surface area (Å²) in [4.78, 5) is 10.6. The van der Waals surface area contributed by atoms with Gasteiger partial charge >= 0.3 is 5.97 Å². The third kappa shape index (κ3) is 3.00. The molecule has 0 amide bonds. The zero-order valence-electron chi connectivity index (χ0n) is 9.20. The molecule has 1 N–H and O–H groups in total. The highest BCUT2D eigenvalue weighted by atomic mass is 19.3. The summed E-state index contributed by atoms with van der Waals surface area (Å²) in [6.07, 6.45) is -2.68. The van der Waals surface area contributed by atoms with Crippen molar-refractivity contribution in [3.8, 4) is 6.07 Å². The van der Waals surface area contributed by atoms with E-state index < -0.39 is 12.4 Å². The van der Waals surface area contributed by atoms with Crippen LogP contribution in [-0.2, 0) is 17.6 Å². The van der Waals surface area contributed by atoms with Crippen molar-refractivity contribution in [3.63, 3.8) is 0 Å². The van der Waals surface area contributed by atoms with Crippen LogP contribution in [0.15, 0.2) is 12.1 Å². The van der Waals surface area contributed by atoms with Gasteiger partial charge in [0.25, 0.3) is 6.43 Å². The zero-order chi connectivity index (χ0) is 13.0. The number of alkyl halides is 2. The van der Waals surface area contributed by atoms with E-state index in [9.17, 15) is 13.6 Å². The van der Waals surface area contributed by atoms with Gasteiger partial charge in [-0.15, -0.1) is 0 Å². The average molecular weight is 239 g/mol. The van der Waals surface area contributed by atoms with Gasteiger partial charge in [0.2, 0.25) is 0 Å². The van der Waals surface area contributed by atoms with Crippen LogP contribution >= 0.6 is 0 Å². The van der Waals surface area contributed by atoms with Gasteiger partial charge < -0.3 is 5.11 Å². The van der Waals surface area contributed by atoms with E-state index in [-0.39, 0.29) is 17.5 Å². The van der Waals surface area contributed by atoms with Crippen molar-refractivity contribution in [2.75, 3.05) is 0 Å². The number of carbonyl (C=O) groups is 1. The van der Waals surface area contributed by atoms with Gasteiger partial charge in [-0.1, -0.05) is 13.0 Å². The normalized spacial score (nSPS) is 10.3. The second kappa shape index (κ2) is 5.39. The molecule has 0 saturated heterocycles. The minimum atomic E-state index is -2.77. The Kier molecular flexibility index (Phi) is 4.16. The van der Waals surface area contributed by atoms with Crippen molar-refractivity contribution >= 4 is 5.97 Å². The lowest BCUT2D eigenvalue weighted by Crippen LogP contribution is -2.04. The summed E-state index contributed by atoms with van der Waals surface area (Å²) in [5, 5.41) is 17.5. The molecule has 1 aromatic carbocycles. The van der Waals surface area contributed by atoms with Crippen molar-refractivity contribution in [1.82, 2.24) is 0 Å². The summed E-state index contributed by atoms with van der Waals surface area (Å²) >= 11 is 0. The topological polar surface area (TPSA) is 61.1 Å². The summed E-state index contributed by atoms with van der Waals surface area (Å²) in [5.74, 6) is -1.09. The van der Waals surface area contributed by atoms with Crippen LogP contribution < -0.4 is 0 Å². The molecule has 1 aromatic rings. The fourth-order valence-electron chi connectivity index (χ4n) is 1.66. The first-order chi connectivity index (χ1) is 7.99. The van der Waals surface area contributed by atoms with E-state index in [1.54, 1.807) is 13.0 Å². The van der Waals surface area contributed by atoms with E-state index in [2.05, 4.69) is 0 Å². The maximum absolute atomic E-state index is 12.7. The van der Waals surface area contributed by atoms with E-state index in [0.29, 0.717) is 17.5 Å². The van der Waals surface area contributed by atoms with Gasteiger partial charge in [0, 0.05) is 5.56 Å². The molecule has 17 heavy (non-hydrogen) atoms. The molecular formula is C12H11F2NO2. The Morgan fingerprint density at radius 2 is 2.18 bits per heavy atom. The van der Waals surface area contributed by atoms with Crippen LogP contribution in [0.3, 0.4) is 0 Å². The third-order valence-electron chi connectivity index (χ3n) is 2.39. The molecule has 1 rings (SSSR count). The molecule has 0 aliphatic rings. The Morgan fingerprint density at radius 1 is 1.53 bits per heavy atom. The molecule has 0 heterocycles. The SMILES string of the molecule is CCc1cc(CC(=O)O)cc(C(F)F)c1C#N. The predicted octanol–water partition coefficient (Wildman–Crippen LogP) is 2.69. The monoisotopic (exact) mass is 239 g/mol. The molecule has 0 aliphatic carbocycles. The van der Waals surface area contributed by atoms with Crippen LogP contribution in [-0.4, -0.2) is 11.1 Å². The van der Waals surface area contributed by atoms with Crippen LogP contribution in [0.4, 0.5) is 8.78 Å². The molecule has 0 radical (unpaired) electrons. The lowest BCUT2D eigenvalue weighted by atomic mass is 9.95. The van der Waals surface area contributed by atoms with Gasteiger partial charge in [-0.05, 0) is 23.6 Å². The van der Waals surface area contributed by atoms with Crippen LogP contribution in [0.1, 0.15) is 35.6 Å². The molecule has 5 heteroatoms. The number of halogens is 2. The first-order valence-electron chi connectivity index (χ1n) is 5.05. The fraction of sp³-hybridized carbons (Fsp3) is 0.333. The lowest BCUT2D eigenvalue weighted by molar-refractivity contribution is -0.136. The fourth-order valence-corrected chi connectivity index (χ4v) is 1.66. The van der Waals surface area contributed by atoms with Crippen LogP contribution in [0.25, 0.3) is 0 Å². The molecule has 0 spiro atoms. The minimum absolute atomic E-state index is 0.0448. The van der Waals surface area contributed by atoms with E-state index in [1.165, 1.54) is 6.07 Å². The molecule has 0 fully saturated rings. The van der Waals surface area contributed by atoms with Crippen molar-refractivity contribution in [2.24, 2.45) is 0 Å². The molecule has 0 unspecified atom stereocenters.